The molecular formula is C9H20ClN. The van der Waals surface area contributed by atoms with Crippen molar-refractivity contribution in [3.8, 4) is 0 Å². The van der Waals surface area contributed by atoms with E-state index in [9.17, 15) is 0 Å². The number of nitrogens with zero attached hydrogens (tertiary/aromatic N) is 1. The molecule has 0 N–H and O–H groups in total. The molecule has 0 aliphatic heterocycles. The molecule has 11 heavy (non-hydrogen) atoms. The average Bonchev–Trinajstić information content (AvgIpc) is 1.90. The van der Waals surface area contributed by atoms with E-state index in [2.05, 4.69) is 38.7 Å². The molecule has 0 atom stereocenters. The minimum absolute atomic E-state index is 0. The fourth-order valence-corrected chi connectivity index (χ4v) is 0.793. The summed E-state index contributed by atoms with van der Waals surface area (Å²) in [7, 11) is 0. The van der Waals surface area contributed by atoms with Gasteiger partial charge in [0.15, 0.2) is 0 Å². The van der Waals surface area contributed by atoms with Gasteiger partial charge < -0.3 is 4.90 Å². The van der Waals surface area contributed by atoms with E-state index in [1.54, 1.807) is 0 Å². The maximum Gasteiger partial charge on any atom is 0.0165 e. The molecule has 1 nitrogen and oxygen atoms in total. The molecule has 0 aliphatic carbocycles. The lowest BCUT2D eigenvalue weighted by molar-refractivity contribution is 0.337. The molecule has 2 heteroatoms. The van der Waals surface area contributed by atoms with E-state index in [0.29, 0.717) is 0 Å². The van der Waals surface area contributed by atoms with Gasteiger partial charge in [-0.3, -0.25) is 0 Å². The quantitative estimate of drug-likeness (QED) is 0.597. The fraction of sp³-hybridized carbons (Fsp3) is 0.778. The molecule has 0 saturated carbocycles. The molecule has 0 aliphatic rings. The summed E-state index contributed by atoms with van der Waals surface area (Å²) in [5.41, 5.74) is 1.41. The fourth-order valence-electron chi connectivity index (χ4n) is 0.793. The SMILES string of the molecule is CCN(CC)CC=C(C)C.Cl. The lowest BCUT2D eigenvalue weighted by Crippen LogP contribution is -2.22. The first kappa shape index (κ1) is 13.6. The van der Waals surface area contributed by atoms with Crippen molar-refractivity contribution >= 4 is 12.4 Å². The van der Waals surface area contributed by atoms with Crippen LogP contribution in [0.15, 0.2) is 11.6 Å². The molecule has 0 spiro atoms. The Morgan fingerprint density at radius 2 is 1.64 bits per heavy atom. The molecule has 0 saturated heterocycles. The molecular weight excluding hydrogens is 158 g/mol. The summed E-state index contributed by atoms with van der Waals surface area (Å²) in [6, 6.07) is 0. The van der Waals surface area contributed by atoms with Gasteiger partial charge in [-0.05, 0) is 26.9 Å². The predicted octanol–water partition coefficient (Wildman–Crippen LogP) is 2.72. The highest BCUT2D eigenvalue weighted by atomic mass is 35.5. The number of allylic oxidation sites excluding steroid dienone is 1. The van der Waals surface area contributed by atoms with Crippen LogP contribution in [0, 0.1) is 0 Å². The summed E-state index contributed by atoms with van der Waals surface area (Å²) in [5.74, 6) is 0. The highest BCUT2D eigenvalue weighted by Crippen LogP contribution is 1.92. The third-order valence-corrected chi connectivity index (χ3v) is 1.65. The number of hydrogen-bond donors (Lipinski definition) is 0. The molecule has 68 valence electrons. The van der Waals surface area contributed by atoms with Gasteiger partial charge in [0.1, 0.15) is 0 Å². The highest BCUT2D eigenvalue weighted by Gasteiger charge is 1.93. The second-order valence-electron chi connectivity index (χ2n) is 2.77. The molecule has 0 heterocycles. The van der Waals surface area contributed by atoms with Crippen molar-refractivity contribution in [2.45, 2.75) is 27.7 Å². The standard InChI is InChI=1S/C9H19N.ClH/c1-5-10(6-2)8-7-9(3)4;/h7H,5-6,8H2,1-4H3;1H. The molecule has 0 bridgehead atoms. The van der Waals surface area contributed by atoms with Gasteiger partial charge in [-0.2, -0.15) is 0 Å². The van der Waals surface area contributed by atoms with Gasteiger partial charge in [-0.1, -0.05) is 25.5 Å². The van der Waals surface area contributed by atoms with Crippen molar-refractivity contribution in [1.29, 1.82) is 0 Å². The Labute approximate surface area is 76.9 Å². The average molecular weight is 178 g/mol. The summed E-state index contributed by atoms with van der Waals surface area (Å²) in [4.78, 5) is 2.40. The van der Waals surface area contributed by atoms with Crippen molar-refractivity contribution in [3.05, 3.63) is 11.6 Å². The van der Waals surface area contributed by atoms with Gasteiger partial charge in [0, 0.05) is 6.54 Å². The third-order valence-electron chi connectivity index (χ3n) is 1.65. The van der Waals surface area contributed by atoms with Crippen LogP contribution in [0.25, 0.3) is 0 Å². The summed E-state index contributed by atoms with van der Waals surface area (Å²) in [5, 5.41) is 0. The lowest BCUT2D eigenvalue weighted by atomic mass is 10.3. The van der Waals surface area contributed by atoms with Crippen molar-refractivity contribution < 1.29 is 0 Å². The number of halogens is 1. The normalized spacial score (nSPS) is 9.18. The van der Waals surface area contributed by atoms with E-state index < -0.39 is 0 Å². The smallest absolute Gasteiger partial charge is 0.0165 e. The van der Waals surface area contributed by atoms with Crippen molar-refractivity contribution in [3.63, 3.8) is 0 Å². The van der Waals surface area contributed by atoms with Gasteiger partial charge >= 0.3 is 0 Å². The van der Waals surface area contributed by atoms with Crippen LogP contribution < -0.4 is 0 Å². The molecule has 0 unspecified atom stereocenters. The van der Waals surface area contributed by atoms with E-state index in [-0.39, 0.29) is 12.4 Å². The van der Waals surface area contributed by atoms with E-state index in [0.717, 1.165) is 19.6 Å². The molecule has 0 rings (SSSR count). The van der Waals surface area contributed by atoms with E-state index in [1.807, 2.05) is 0 Å². The largest absolute Gasteiger partial charge is 0.300 e. The van der Waals surface area contributed by atoms with Crippen LogP contribution in [0.1, 0.15) is 27.7 Å². The Morgan fingerprint density at radius 1 is 1.18 bits per heavy atom. The Balaban J connectivity index is 0. The first-order valence-electron chi connectivity index (χ1n) is 4.06. The van der Waals surface area contributed by atoms with Gasteiger partial charge in [0.25, 0.3) is 0 Å². The first-order chi connectivity index (χ1) is 4.70. The maximum atomic E-state index is 2.40. The monoisotopic (exact) mass is 177 g/mol. The highest BCUT2D eigenvalue weighted by molar-refractivity contribution is 5.85. The Morgan fingerprint density at radius 3 is 1.91 bits per heavy atom. The zero-order valence-corrected chi connectivity index (χ0v) is 8.87. The van der Waals surface area contributed by atoms with Gasteiger partial charge in [-0.15, -0.1) is 12.4 Å². The first-order valence-corrected chi connectivity index (χ1v) is 4.06. The molecule has 0 aromatic rings. The summed E-state index contributed by atoms with van der Waals surface area (Å²) in [6.07, 6.45) is 2.27. The Bertz CT molecular complexity index is 102. The van der Waals surface area contributed by atoms with Crippen LogP contribution >= 0.6 is 12.4 Å². The van der Waals surface area contributed by atoms with Gasteiger partial charge in [0.2, 0.25) is 0 Å². The molecule has 0 aromatic heterocycles. The summed E-state index contributed by atoms with van der Waals surface area (Å²) < 4.78 is 0. The number of hydrogen-bond acceptors (Lipinski definition) is 1. The minimum atomic E-state index is 0. The number of likely N-dealkylation sites (N-methyl/N-ethyl adjacent to an activating group) is 1. The van der Waals surface area contributed by atoms with Crippen molar-refractivity contribution in [1.82, 2.24) is 4.90 Å². The topological polar surface area (TPSA) is 3.24 Å². The van der Waals surface area contributed by atoms with Crippen LogP contribution in [-0.2, 0) is 0 Å². The second kappa shape index (κ2) is 8.09. The lowest BCUT2D eigenvalue weighted by Gasteiger charge is -2.15. The Hall–Kier alpha value is -0.0100. The summed E-state index contributed by atoms with van der Waals surface area (Å²) >= 11 is 0. The third kappa shape index (κ3) is 7.89. The summed E-state index contributed by atoms with van der Waals surface area (Å²) in [6.45, 7) is 12.1. The van der Waals surface area contributed by atoms with E-state index >= 15 is 0 Å². The van der Waals surface area contributed by atoms with Gasteiger partial charge in [0.05, 0.1) is 0 Å². The van der Waals surface area contributed by atoms with Crippen molar-refractivity contribution in [2.24, 2.45) is 0 Å². The zero-order valence-electron chi connectivity index (χ0n) is 8.05. The van der Waals surface area contributed by atoms with Crippen LogP contribution in [0.2, 0.25) is 0 Å². The molecule has 0 aromatic carbocycles. The molecule has 0 fully saturated rings. The molecule has 0 amide bonds. The van der Waals surface area contributed by atoms with Gasteiger partial charge in [-0.25, -0.2) is 0 Å². The van der Waals surface area contributed by atoms with Crippen LogP contribution in [-0.4, -0.2) is 24.5 Å². The van der Waals surface area contributed by atoms with Crippen LogP contribution in [0.4, 0.5) is 0 Å². The zero-order chi connectivity index (χ0) is 7.98. The van der Waals surface area contributed by atoms with Crippen LogP contribution in [0.3, 0.4) is 0 Å². The second-order valence-corrected chi connectivity index (χ2v) is 2.77. The van der Waals surface area contributed by atoms with Crippen molar-refractivity contribution in [2.75, 3.05) is 19.6 Å². The number of rotatable bonds is 4. The Kier molecular flexibility index (Phi) is 9.98. The predicted molar refractivity (Wildman–Crippen MR) is 54.5 cm³/mol. The van der Waals surface area contributed by atoms with E-state index in [1.165, 1.54) is 5.57 Å². The van der Waals surface area contributed by atoms with E-state index in [4.69, 9.17) is 0 Å². The molecule has 0 radical (unpaired) electrons. The minimum Gasteiger partial charge on any atom is -0.300 e. The maximum absolute atomic E-state index is 2.40. The van der Waals surface area contributed by atoms with Crippen LogP contribution in [0.5, 0.6) is 0 Å².